The van der Waals surface area contributed by atoms with Gasteiger partial charge in [0.1, 0.15) is 0 Å². The molecule has 1 atom stereocenters. The first-order valence-electron chi connectivity index (χ1n) is 5.88. The Balaban J connectivity index is 2.04. The Morgan fingerprint density at radius 3 is 2.71 bits per heavy atom. The Hall–Kier alpha value is -0.500. The number of likely N-dealkylation sites (N-methyl/N-ethyl adjacent to an activating group) is 1. The highest BCUT2D eigenvalue weighted by Gasteiger charge is 2.23. The Morgan fingerprint density at radius 2 is 2.00 bits per heavy atom. The lowest BCUT2D eigenvalue weighted by atomic mass is 9.92. The van der Waals surface area contributed by atoms with Crippen molar-refractivity contribution in [2.45, 2.75) is 38.1 Å². The van der Waals surface area contributed by atoms with E-state index in [1.807, 2.05) is 0 Å². The predicted molar refractivity (Wildman–Crippen MR) is 60.2 cm³/mol. The van der Waals surface area contributed by atoms with Gasteiger partial charge in [-0.1, -0.05) is 6.42 Å². The summed E-state index contributed by atoms with van der Waals surface area (Å²) < 4.78 is 0. The third-order valence-electron chi connectivity index (χ3n) is 3.56. The molecule has 0 bridgehead atoms. The van der Waals surface area contributed by atoms with Gasteiger partial charge >= 0.3 is 0 Å². The molecule has 1 unspecified atom stereocenters. The molecule has 0 N–H and O–H groups in total. The second kappa shape index (κ2) is 4.35. The maximum Gasteiger partial charge on any atom is 0.0321 e. The molecular weight excluding hydrogens is 172 g/mol. The summed E-state index contributed by atoms with van der Waals surface area (Å²) in [5.41, 5.74) is 1.67. The van der Waals surface area contributed by atoms with Crippen LogP contribution in [-0.4, -0.2) is 43.0 Å². The lowest BCUT2D eigenvalue weighted by Gasteiger charge is -2.37. The zero-order valence-electron chi connectivity index (χ0n) is 9.50. The monoisotopic (exact) mass is 194 g/mol. The van der Waals surface area contributed by atoms with Crippen LogP contribution in [0.4, 0.5) is 0 Å². The van der Waals surface area contributed by atoms with Gasteiger partial charge in [0.15, 0.2) is 0 Å². The molecular formula is C12H22N2. The summed E-state index contributed by atoms with van der Waals surface area (Å²) in [6.07, 6.45) is 9.21. The fraction of sp³-hybridized carbons (Fsp3) is 0.833. The molecule has 0 radical (unpaired) electrons. The Morgan fingerprint density at radius 1 is 1.14 bits per heavy atom. The van der Waals surface area contributed by atoms with E-state index in [0.717, 1.165) is 6.04 Å². The second-order valence-electron chi connectivity index (χ2n) is 4.78. The fourth-order valence-electron chi connectivity index (χ4n) is 2.74. The highest BCUT2D eigenvalue weighted by Crippen LogP contribution is 2.26. The quantitative estimate of drug-likeness (QED) is 0.630. The second-order valence-corrected chi connectivity index (χ2v) is 4.78. The van der Waals surface area contributed by atoms with Gasteiger partial charge in [-0.2, -0.15) is 0 Å². The maximum absolute atomic E-state index is 2.54. The molecule has 1 saturated heterocycles. The molecule has 2 rings (SSSR count). The fourth-order valence-corrected chi connectivity index (χ4v) is 2.74. The van der Waals surface area contributed by atoms with Crippen molar-refractivity contribution in [3.8, 4) is 0 Å². The molecule has 2 nitrogen and oxygen atoms in total. The van der Waals surface area contributed by atoms with Gasteiger partial charge in [0.2, 0.25) is 0 Å². The van der Waals surface area contributed by atoms with Crippen molar-refractivity contribution in [3.05, 3.63) is 11.8 Å². The van der Waals surface area contributed by atoms with Crippen LogP contribution in [0.3, 0.4) is 0 Å². The molecule has 0 aliphatic carbocycles. The minimum atomic E-state index is 0.742. The van der Waals surface area contributed by atoms with Gasteiger partial charge in [0.25, 0.3) is 0 Å². The van der Waals surface area contributed by atoms with E-state index in [2.05, 4.69) is 30.1 Å². The van der Waals surface area contributed by atoms with Crippen LogP contribution in [0.2, 0.25) is 0 Å². The van der Waals surface area contributed by atoms with E-state index >= 15 is 0 Å². The third-order valence-corrected chi connectivity index (χ3v) is 3.56. The number of hydrogen-bond acceptors (Lipinski definition) is 2. The summed E-state index contributed by atoms with van der Waals surface area (Å²) >= 11 is 0. The summed E-state index contributed by atoms with van der Waals surface area (Å²) in [7, 11) is 4.47. The molecule has 0 aromatic carbocycles. The molecule has 2 aliphatic heterocycles. The minimum Gasteiger partial charge on any atom is -0.380 e. The summed E-state index contributed by atoms with van der Waals surface area (Å²) in [5, 5.41) is 0. The van der Waals surface area contributed by atoms with E-state index in [4.69, 9.17) is 0 Å². The molecule has 0 spiro atoms. The lowest BCUT2D eigenvalue weighted by molar-refractivity contribution is 0.202. The lowest BCUT2D eigenvalue weighted by Crippen LogP contribution is -2.39. The van der Waals surface area contributed by atoms with Crippen molar-refractivity contribution >= 4 is 0 Å². The van der Waals surface area contributed by atoms with E-state index < -0.39 is 0 Å². The van der Waals surface area contributed by atoms with Crippen LogP contribution in [0.5, 0.6) is 0 Å². The first kappa shape index (κ1) is 10.0. The average molecular weight is 194 g/mol. The Kier molecular flexibility index (Phi) is 3.12. The molecule has 0 saturated carbocycles. The van der Waals surface area contributed by atoms with E-state index in [-0.39, 0.29) is 0 Å². The average Bonchev–Trinajstić information content (AvgIpc) is 2.18. The van der Waals surface area contributed by atoms with Gasteiger partial charge in [-0.3, -0.25) is 4.90 Å². The molecule has 0 aromatic heterocycles. The van der Waals surface area contributed by atoms with Gasteiger partial charge in [-0.25, -0.2) is 0 Å². The van der Waals surface area contributed by atoms with E-state index in [9.17, 15) is 0 Å². The van der Waals surface area contributed by atoms with Crippen LogP contribution >= 0.6 is 0 Å². The van der Waals surface area contributed by atoms with Gasteiger partial charge < -0.3 is 4.90 Å². The van der Waals surface area contributed by atoms with E-state index in [1.165, 1.54) is 45.2 Å². The van der Waals surface area contributed by atoms with Crippen molar-refractivity contribution in [3.63, 3.8) is 0 Å². The van der Waals surface area contributed by atoms with Crippen LogP contribution in [-0.2, 0) is 0 Å². The first-order valence-corrected chi connectivity index (χ1v) is 5.88. The van der Waals surface area contributed by atoms with Crippen molar-refractivity contribution in [2.75, 3.05) is 27.2 Å². The molecule has 0 amide bonds. The maximum atomic E-state index is 2.54. The van der Waals surface area contributed by atoms with E-state index in [0.29, 0.717) is 0 Å². The molecule has 80 valence electrons. The van der Waals surface area contributed by atoms with Crippen LogP contribution in [0, 0.1) is 0 Å². The number of piperidine rings is 1. The molecule has 2 heteroatoms. The van der Waals surface area contributed by atoms with Gasteiger partial charge in [0.05, 0.1) is 0 Å². The SMILES string of the molecule is CN1C=C(C2CCCCN2C)CCC1. The summed E-state index contributed by atoms with van der Waals surface area (Å²) in [5.74, 6) is 0. The predicted octanol–water partition coefficient (Wildman–Crippen LogP) is 2.08. The number of rotatable bonds is 1. The van der Waals surface area contributed by atoms with Crippen molar-refractivity contribution in [2.24, 2.45) is 0 Å². The summed E-state index contributed by atoms with van der Waals surface area (Å²) in [6.45, 7) is 2.52. The van der Waals surface area contributed by atoms with Crippen molar-refractivity contribution in [1.29, 1.82) is 0 Å². The van der Waals surface area contributed by atoms with Crippen LogP contribution in [0.25, 0.3) is 0 Å². The molecule has 14 heavy (non-hydrogen) atoms. The van der Waals surface area contributed by atoms with Crippen LogP contribution < -0.4 is 0 Å². The number of nitrogens with zero attached hydrogens (tertiary/aromatic N) is 2. The van der Waals surface area contributed by atoms with Crippen LogP contribution in [0.15, 0.2) is 11.8 Å². The largest absolute Gasteiger partial charge is 0.380 e. The first-order chi connectivity index (χ1) is 6.77. The zero-order valence-corrected chi connectivity index (χ0v) is 9.50. The molecule has 2 heterocycles. The zero-order chi connectivity index (χ0) is 9.97. The van der Waals surface area contributed by atoms with Gasteiger partial charge in [-0.15, -0.1) is 0 Å². The number of likely N-dealkylation sites (tertiary alicyclic amines) is 1. The van der Waals surface area contributed by atoms with Gasteiger partial charge in [0, 0.05) is 19.6 Å². The third kappa shape index (κ3) is 2.11. The normalized spacial score (nSPS) is 30.3. The summed E-state index contributed by atoms with van der Waals surface area (Å²) in [4.78, 5) is 4.88. The van der Waals surface area contributed by atoms with Crippen molar-refractivity contribution in [1.82, 2.24) is 9.80 Å². The van der Waals surface area contributed by atoms with E-state index in [1.54, 1.807) is 5.57 Å². The Bertz CT molecular complexity index is 222. The highest BCUT2D eigenvalue weighted by molar-refractivity contribution is 5.13. The smallest absolute Gasteiger partial charge is 0.0321 e. The molecule has 1 fully saturated rings. The standard InChI is InChI=1S/C12H22N2/c1-13-8-5-6-11(10-13)12-7-3-4-9-14(12)2/h10,12H,3-9H2,1-2H3. The molecule has 0 aromatic rings. The Labute approximate surface area is 87.6 Å². The highest BCUT2D eigenvalue weighted by atomic mass is 15.1. The minimum absolute atomic E-state index is 0.742. The number of hydrogen-bond donors (Lipinski definition) is 0. The topological polar surface area (TPSA) is 6.48 Å². The molecule has 2 aliphatic rings. The van der Waals surface area contributed by atoms with Gasteiger partial charge in [-0.05, 0) is 51.0 Å². The summed E-state index contributed by atoms with van der Waals surface area (Å²) in [6, 6.07) is 0.742. The van der Waals surface area contributed by atoms with Crippen molar-refractivity contribution < 1.29 is 0 Å². The van der Waals surface area contributed by atoms with Crippen LogP contribution in [0.1, 0.15) is 32.1 Å².